The van der Waals surface area contributed by atoms with Crippen LogP contribution in [-0.2, 0) is 47.7 Å². The lowest BCUT2D eigenvalue weighted by Gasteiger charge is -2.39. The SMILES string of the molecule is CCC(C)(C)C(C)C(=O)N1CCCCC1C(=O)OC(=CC(=O)C(C)C=C(C)C(O)C(OC)C(=O)C(C)CC(C)C=CC=CC=C(C)C(CC1CCC(C)C(=O)O1)OC)C(C)CC1CCC(O)C(OC)C1. The van der Waals surface area contributed by atoms with E-state index < -0.39 is 42.2 Å². The van der Waals surface area contributed by atoms with Crippen LogP contribution in [0.3, 0.4) is 0 Å². The molecule has 3 aliphatic rings. The monoisotopic (exact) mass is 982 g/mol. The number of Topliss-reactive ketones (excluding diaryl/α,β-unsaturated/α-hetero) is 1. The summed E-state index contributed by atoms with van der Waals surface area (Å²) in [6.45, 7) is 21.6. The van der Waals surface area contributed by atoms with Gasteiger partial charge < -0.3 is 38.8 Å². The third kappa shape index (κ3) is 17.8. The summed E-state index contributed by atoms with van der Waals surface area (Å²) in [7, 11) is 4.64. The molecular weight excluding hydrogens is 891 g/mol. The van der Waals surface area contributed by atoms with Gasteiger partial charge in [-0.3, -0.25) is 19.2 Å². The van der Waals surface area contributed by atoms with Gasteiger partial charge in [-0.25, -0.2) is 4.79 Å². The molecule has 1 aliphatic carbocycles. The fraction of sp³-hybridized carbons (Fsp3) is 0.737. The van der Waals surface area contributed by atoms with Gasteiger partial charge in [-0.15, -0.1) is 0 Å². The number of piperidine rings is 1. The Morgan fingerprint density at radius 1 is 0.886 bits per heavy atom. The molecular formula is C57H91NO12. The predicted molar refractivity (Wildman–Crippen MR) is 273 cm³/mol. The Morgan fingerprint density at radius 2 is 1.59 bits per heavy atom. The summed E-state index contributed by atoms with van der Waals surface area (Å²) >= 11 is 0. The molecule has 0 spiro atoms. The number of aliphatic hydroxyl groups excluding tert-OH is 2. The van der Waals surface area contributed by atoms with Gasteiger partial charge in [0, 0.05) is 64.0 Å². The number of esters is 2. The number of ketones is 2. The Hall–Kier alpha value is -3.75. The number of carbonyl (C=O) groups excluding carboxylic acids is 5. The fourth-order valence-electron chi connectivity index (χ4n) is 9.98. The van der Waals surface area contributed by atoms with E-state index in [-0.39, 0.29) is 82.5 Å². The maximum Gasteiger partial charge on any atom is 0.333 e. The molecule has 3 fully saturated rings. The minimum Gasteiger partial charge on any atom is -0.462 e. The summed E-state index contributed by atoms with van der Waals surface area (Å²) in [4.78, 5) is 69.6. The molecule has 13 heteroatoms. The molecule has 14 atom stereocenters. The average molecular weight is 982 g/mol. The van der Waals surface area contributed by atoms with Crippen LogP contribution in [0.25, 0.3) is 0 Å². The number of amides is 1. The summed E-state index contributed by atoms with van der Waals surface area (Å²) in [5.41, 5.74) is 1.16. The highest BCUT2D eigenvalue weighted by Crippen LogP contribution is 2.36. The summed E-state index contributed by atoms with van der Waals surface area (Å²) in [6.07, 6.45) is 17.3. The van der Waals surface area contributed by atoms with Gasteiger partial charge in [0.25, 0.3) is 0 Å². The lowest BCUT2D eigenvalue weighted by atomic mass is 9.76. The first-order valence-electron chi connectivity index (χ1n) is 26.2. The van der Waals surface area contributed by atoms with Crippen molar-refractivity contribution in [1.82, 2.24) is 4.90 Å². The van der Waals surface area contributed by atoms with Crippen LogP contribution in [-0.4, -0.2) is 115 Å². The van der Waals surface area contributed by atoms with Crippen LogP contribution in [0.5, 0.6) is 0 Å². The second kappa shape index (κ2) is 29.1. The molecule has 3 rings (SSSR count). The highest BCUT2D eigenvalue weighted by Gasteiger charge is 2.41. The van der Waals surface area contributed by atoms with Gasteiger partial charge in [0.1, 0.15) is 30.1 Å². The number of nitrogens with zero attached hydrogens (tertiary/aromatic N) is 1. The molecule has 0 aromatic carbocycles. The molecule has 1 amide bonds. The normalized spacial score (nSPS) is 26.8. The zero-order valence-corrected chi connectivity index (χ0v) is 45.2. The summed E-state index contributed by atoms with van der Waals surface area (Å²) in [5.74, 6) is -2.90. The van der Waals surface area contributed by atoms with Gasteiger partial charge in [0.05, 0.1) is 24.2 Å². The fourth-order valence-corrected chi connectivity index (χ4v) is 9.98. The van der Waals surface area contributed by atoms with Gasteiger partial charge in [-0.05, 0) is 106 Å². The van der Waals surface area contributed by atoms with Crippen LogP contribution in [0.15, 0.2) is 59.4 Å². The van der Waals surface area contributed by atoms with Gasteiger partial charge in [0.15, 0.2) is 11.6 Å². The van der Waals surface area contributed by atoms with Crippen molar-refractivity contribution in [3.8, 4) is 0 Å². The molecule has 2 aliphatic heterocycles. The van der Waals surface area contributed by atoms with Crippen LogP contribution < -0.4 is 0 Å². The van der Waals surface area contributed by atoms with Crippen LogP contribution >= 0.6 is 0 Å². The quantitative estimate of drug-likeness (QED) is 0.0277. The molecule has 0 radical (unpaired) electrons. The van der Waals surface area contributed by atoms with Crippen LogP contribution in [0.4, 0.5) is 0 Å². The van der Waals surface area contributed by atoms with Crippen LogP contribution in [0.1, 0.15) is 153 Å². The Balaban J connectivity index is 1.72. The molecule has 70 heavy (non-hydrogen) atoms. The number of carbonyl (C=O) groups is 5. The zero-order valence-electron chi connectivity index (χ0n) is 45.2. The van der Waals surface area contributed by atoms with E-state index in [1.54, 1.807) is 39.0 Å². The Bertz CT molecular complexity index is 1880. The van der Waals surface area contributed by atoms with E-state index in [0.29, 0.717) is 50.6 Å². The van der Waals surface area contributed by atoms with Crippen molar-refractivity contribution in [2.45, 2.75) is 196 Å². The van der Waals surface area contributed by atoms with E-state index in [4.69, 9.17) is 23.7 Å². The Labute approximate surface area is 420 Å². The number of allylic oxidation sites excluding steroid dienone is 8. The van der Waals surface area contributed by atoms with Gasteiger partial charge >= 0.3 is 11.9 Å². The number of cyclic esters (lactones) is 1. The van der Waals surface area contributed by atoms with E-state index in [0.717, 1.165) is 44.1 Å². The Morgan fingerprint density at radius 3 is 2.21 bits per heavy atom. The number of rotatable bonds is 26. The standard InChI is InChI=1S/C57H91NO12/c1-15-57(10,11)42(9)54(63)58-28-20-19-23-45(58)56(65)70-49(39(6)31-43-25-27-46(59)50(32-43)67-13)34-47(60)38(5)30-41(8)52(62)53(68-14)51(61)40(7)29-35(2)21-17-16-18-22-36(3)48(66-12)33-44-26-24-37(4)55(64)69-44/h16-18,21-22,30,34-35,37-40,42-46,48,50,52-53,59,62H,15,19-20,23-29,31-33H2,1-14H3. The van der Waals surface area contributed by atoms with Crippen molar-refractivity contribution >= 4 is 29.4 Å². The van der Waals surface area contributed by atoms with E-state index in [2.05, 4.69) is 20.8 Å². The van der Waals surface area contributed by atoms with Crippen molar-refractivity contribution in [3.63, 3.8) is 0 Å². The maximum atomic E-state index is 14.2. The molecule has 2 heterocycles. The van der Waals surface area contributed by atoms with E-state index in [1.807, 2.05) is 71.9 Å². The van der Waals surface area contributed by atoms with Crippen molar-refractivity contribution in [1.29, 1.82) is 0 Å². The van der Waals surface area contributed by atoms with Crippen LogP contribution in [0.2, 0.25) is 0 Å². The highest BCUT2D eigenvalue weighted by molar-refractivity contribution is 5.94. The van der Waals surface area contributed by atoms with Crippen molar-refractivity contribution in [2.24, 2.45) is 46.8 Å². The molecule has 0 aromatic rings. The molecule has 2 N–H and O–H groups in total. The zero-order chi connectivity index (χ0) is 52.5. The number of hydrogen-bond donors (Lipinski definition) is 2. The first kappa shape index (κ1) is 60.6. The second-order valence-corrected chi connectivity index (χ2v) is 21.6. The predicted octanol–water partition coefficient (Wildman–Crippen LogP) is 9.63. The van der Waals surface area contributed by atoms with Crippen molar-refractivity contribution < 1.29 is 57.9 Å². The molecule has 396 valence electrons. The van der Waals surface area contributed by atoms with Crippen molar-refractivity contribution in [3.05, 3.63) is 59.4 Å². The summed E-state index contributed by atoms with van der Waals surface area (Å²) in [6, 6.07) is -0.778. The van der Waals surface area contributed by atoms with Crippen LogP contribution in [0, 0.1) is 46.8 Å². The largest absolute Gasteiger partial charge is 0.462 e. The van der Waals surface area contributed by atoms with E-state index >= 15 is 0 Å². The highest BCUT2D eigenvalue weighted by atomic mass is 16.6. The Kier molecular flexibility index (Phi) is 25.2. The summed E-state index contributed by atoms with van der Waals surface area (Å²) in [5, 5.41) is 22.0. The number of hydrogen-bond acceptors (Lipinski definition) is 12. The molecule has 14 unspecified atom stereocenters. The number of ether oxygens (including phenoxy) is 5. The lowest BCUT2D eigenvalue weighted by Crippen LogP contribution is -2.52. The summed E-state index contributed by atoms with van der Waals surface area (Å²) < 4.78 is 28.7. The second-order valence-electron chi connectivity index (χ2n) is 21.6. The van der Waals surface area contributed by atoms with Gasteiger partial charge in [0.2, 0.25) is 5.91 Å². The minimum absolute atomic E-state index is 0.0368. The average Bonchev–Trinajstić information content (AvgIpc) is 3.33. The first-order valence-corrected chi connectivity index (χ1v) is 26.2. The van der Waals surface area contributed by atoms with Gasteiger partial charge in [-0.2, -0.15) is 0 Å². The number of likely N-dealkylation sites (tertiary alicyclic amines) is 1. The number of aliphatic hydroxyl groups is 2. The molecule has 0 aromatic heterocycles. The van der Waals surface area contributed by atoms with E-state index in [9.17, 15) is 34.2 Å². The maximum absolute atomic E-state index is 14.2. The minimum atomic E-state index is -1.31. The molecule has 13 nitrogen and oxygen atoms in total. The molecule has 2 saturated heterocycles. The smallest absolute Gasteiger partial charge is 0.333 e. The topological polar surface area (TPSA) is 175 Å². The third-order valence-corrected chi connectivity index (χ3v) is 15.7. The molecule has 0 bridgehead atoms. The van der Waals surface area contributed by atoms with Gasteiger partial charge in [-0.1, -0.05) is 105 Å². The first-order chi connectivity index (χ1) is 33.0. The van der Waals surface area contributed by atoms with Crippen molar-refractivity contribution in [2.75, 3.05) is 27.9 Å². The number of methoxy groups -OCH3 is 3. The third-order valence-electron chi connectivity index (χ3n) is 15.7. The molecule has 1 saturated carbocycles. The lowest BCUT2D eigenvalue weighted by molar-refractivity contribution is -0.161. The van der Waals surface area contributed by atoms with E-state index in [1.165, 1.54) is 13.2 Å².